The highest BCUT2D eigenvalue weighted by atomic mass is 19.4. The lowest BCUT2D eigenvalue weighted by molar-refractivity contribution is -0.249. The number of nitrogens with zero attached hydrogens (tertiary/aromatic N) is 3. The monoisotopic (exact) mass is 413 g/mol. The maximum Gasteiger partial charge on any atom is 0.424 e. The fraction of sp³-hybridized carbons (Fsp3) is 0.389. The molecular formula is C18H19F4N5O2. The minimum Gasteiger partial charge on any atom is -0.493 e. The van der Waals surface area contributed by atoms with Crippen molar-refractivity contribution < 1.29 is 27.0 Å². The van der Waals surface area contributed by atoms with E-state index >= 15 is 0 Å². The molecule has 3 N–H and O–H groups in total. The molecule has 7 nitrogen and oxygen atoms in total. The van der Waals surface area contributed by atoms with Gasteiger partial charge < -0.3 is 20.5 Å². The number of anilines is 2. The Morgan fingerprint density at radius 3 is 2.59 bits per heavy atom. The zero-order chi connectivity index (χ0) is 21.4. The van der Waals surface area contributed by atoms with Gasteiger partial charge in [0, 0.05) is 6.20 Å². The van der Waals surface area contributed by atoms with Gasteiger partial charge in [0.1, 0.15) is 28.7 Å². The van der Waals surface area contributed by atoms with Crippen molar-refractivity contribution in [3.05, 3.63) is 42.0 Å². The molecule has 1 aliphatic rings. The average molecular weight is 413 g/mol. The molecule has 0 amide bonds. The highest BCUT2D eigenvalue weighted by Crippen LogP contribution is 2.41. The molecule has 1 aliphatic heterocycles. The van der Waals surface area contributed by atoms with Crippen molar-refractivity contribution >= 4 is 17.5 Å². The third kappa shape index (κ3) is 3.69. The fourth-order valence-corrected chi connectivity index (χ4v) is 2.77. The first-order valence-electron chi connectivity index (χ1n) is 8.50. The molecule has 0 aliphatic carbocycles. The molecule has 156 valence electrons. The Kier molecular flexibility index (Phi) is 5.11. The second kappa shape index (κ2) is 7.14. The largest absolute Gasteiger partial charge is 0.493 e. The van der Waals surface area contributed by atoms with E-state index in [0.29, 0.717) is 11.6 Å². The molecule has 0 fully saturated rings. The van der Waals surface area contributed by atoms with Gasteiger partial charge in [0.2, 0.25) is 5.60 Å². The highest BCUT2D eigenvalue weighted by molar-refractivity contribution is 5.90. The van der Waals surface area contributed by atoms with Crippen LogP contribution in [0.15, 0.2) is 35.5 Å². The Labute approximate surface area is 164 Å². The first kappa shape index (κ1) is 20.8. The van der Waals surface area contributed by atoms with Gasteiger partial charge in [-0.2, -0.15) is 13.2 Å². The number of alkyl halides is 3. The van der Waals surface area contributed by atoms with Crippen molar-refractivity contribution in [3.8, 4) is 5.75 Å². The molecule has 0 saturated carbocycles. The fourth-order valence-electron chi connectivity index (χ4n) is 2.77. The van der Waals surface area contributed by atoms with Crippen LogP contribution in [0.1, 0.15) is 19.5 Å². The van der Waals surface area contributed by atoms with Crippen molar-refractivity contribution in [2.24, 2.45) is 10.7 Å². The molecule has 3 rings (SSSR count). The van der Waals surface area contributed by atoms with Crippen molar-refractivity contribution in [1.29, 1.82) is 0 Å². The van der Waals surface area contributed by atoms with Crippen molar-refractivity contribution in [2.75, 3.05) is 19.0 Å². The van der Waals surface area contributed by atoms with E-state index in [0.717, 1.165) is 13.0 Å². The third-order valence-corrected chi connectivity index (χ3v) is 4.63. The third-order valence-electron chi connectivity index (χ3n) is 4.63. The summed E-state index contributed by atoms with van der Waals surface area (Å²) in [5.41, 5.74) is 1.06. The minimum atomic E-state index is -4.77. The average Bonchev–Trinajstić information content (AvgIpc) is 2.66. The van der Waals surface area contributed by atoms with Gasteiger partial charge in [0.05, 0.1) is 13.7 Å². The van der Waals surface area contributed by atoms with Crippen molar-refractivity contribution in [2.45, 2.75) is 31.2 Å². The van der Waals surface area contributed by atoms with Crippen LogP contribution in [0.5, 0.6) is 5.75 Å². The molecule has 0 spiro atoms. The maximum atomic E-state index is 14.5. The zero-order valence-electron chi connectivity index (χ0n) is 15.8. The molecule has 2 atom stereocenters. The Hall–Kier alpha value is -2.95. The highest BCUT2D eigenvalue weighted by Gasteiger charge is 2.59. The Morgan fingerprint density at radius 2 is 1.97 bits per heavy atom. The zero-order valence-corrected chi connectivity index (χ0v) is 15.8. The van der Waals surface area contributed by atoms with Gasteiger partial charge in [-0.25, -0.2) is 14.4 Å². The number of amidine groups is 1. The topological polar surface area (TPSA) is 94.6 Å². The van der Waals surface area contributed by atoms with Gasteiger partial charge in [-0.1, -0.05) is 0 Å². The molecule has 0 radical (unpaired) electrons. The van der Waals surface area contributed by atoms with E-state index in [2.05, 4.69) is 20.3 Å². The number of hydrogen-bond acceptors (Lipinski definition) is 7. The number of ether oxygens (including phenoxy) is 2. The smallest absolute Gasteiger partial charge is 0.424 e. The summed E-state index contributed by atoms with van der Waals surface area (Å²) >= 11 is 0. The SMILES string of the molecule is COc1cccnc1Nc1ccc(F)c(C2(C)CO[C@@](C)(C(F)(F)F)C(N)=N2)n1. The van der Waals surface area contributed by atoms with Crippen LogP contribution in [0.4, 0.5) is 29.2 Å². The summed E-state index contributed by atoms with van der Waals surface area (Å²) in [6, 6.07) is 5.81. The molecule has 0 aromatic carbocycles. The van der Waals surface area contributed by atoms with Gasteiger partial charge in [-0.3, -0.25) is 4.99 Å². The Balaban J connectivity index is 1.98. The quantitative estimate of drug-likeness (QED) is 0.747. The number of nitrogens with two attached hydrogens (primary N) is 1. The Bertz CT molecular complexity index is 952. The van der Waals surface area contributed by atoms with Crippen LogP contribution in [0, 0.1) is 5.82 Å². The number of halogens is 4. The minimum absolute atomic E-state index is 0.192. The number of rotatable bonds is 4. The molecular weight excluding hydrogens is 394 g/mol. The van der Waals surface area contributed by atoms with Crippen LogP contribution in [0.2, 0.25) is 0 Å². The lowest BCUT2D eigenvalue weighted by Gasteiger charge is -2.40. The van der Waals surface area contributed by atoms with E-state index in [9.17, 15) is 17.6 Å². The second-order valence-corrected chi connectivity index (χ2v) is 6.80. The van der Waals surface area contributed by atoms with E-state index in [1.54, 1.807) is 12.1 Å². The molecule has 2 aromatic heterocycles. The van der Waals surface area contributed by atoms with E-state index < -0.39 is 35.6 Å². The van der Waals surface area contributed by atoms with Gasteiger partial charge in [-0.05, 0) is 38.1 Å². The number of pyridine rings is 2. The standard InChI is InChI=1S/C18H19F4N5O2/c1-16(9-29-17(2,15(23)27-16)18(20,21)22)13-10(19)6-7-12(25-13)26-14-11(28-3)5-4-8-24-14/h4-8H,9H2,1-3H3,(H2,23,27)(H,24,25,26)/t16?,17-/m1/s1. The Morgan fingerprint density at radius 1 is 1.24 bits per heavy atom. The van der Waals surface area contributed by atoms with E-state index in [1.165, 1.54) is 26.3 Å². The van der Waals surface area contributed by atoms with Crippen LogP contribution >= 0.6 is 0 Å². The molecule has 0 bridgehead atoms. The van der Waals surface area contributed by atoms with E-state index in [4.69, 9.17) is 15.2 Å². The van der Waals surface area contributed by atoms with Crippen LogP contribution in [0.25, 0.3) is 0 Å². The summed E-state index contributed by atoms with van der Waals surface area (Å²) in [6.45, 7) is 1.61. The van der Waals surface area contributed by atoms with Crippen LogP contribution in [0.3, 0.4) is 0 Å². The van der Waals surface area contributed by atoms with Gasteiger partial charge in [0.15, 0.2) is 11.6 Å². The van der Waals surface area contributed by atoms with Gasteiger partial charge >= 0.3 is 6.18 Å². The molecule has 0 saturated heterocycles. The normalized spacial score (nSPS) is 24.7. The molecule has 29 heavy (non-hydrogen) atoms. The summed E-state index contributed by atoms with van der Waals surface area (Å²) in [5.74, 6) is -0.613. The first-order chi connectivity index (χ1) is 13.5. The number of aliphatic imine (C=N–C) groups is 1. The molecule has 3 heterocycles. The maximum absolute atomic E-state index is 14.5. The van der Waals surface area contributed by atoms with Crippen LogP contribution in [-0.2, 0) is 10.3 Å². The first-order valence-corrected chi connectivity index (χ1v) is 8.50. The van der Waals surface area contributed by atoms with Crippen molar-refractivity contribution in [3.63, 3.8) is 0 Å². The summed E-state index contributed by atoms with van der Waals surface area (Å²) in [7, 11) is 1.46. The summed E-state index contributed by atoms with van der Waals surface area (Å²) in [5, 5.41) is 2.88. The predicted molar refractivity (Wildman–Crippen MR) is 97.7 cm³/mol. The van der Waals surface area contributed by atoms with E-state index in [1.807, 2.05) is 0 Å². The summed E-state index contributed by atoms with van der Waals surface area (Å²) < 4.78 is 64.6. The van der Waals surface area contributed by atoms with Crippen LogP contribution < -0.4 is 15.8 Å². The van der Waals surface area contributed by atoms with E-state index in [-0.39, 0.29) is 11.5 Å². The second-order valence-electron chi connectivity index (χ2n) is 6.80. The number of nitrogens with one attached hydrogen (secondary N) is 1. The summed E-state index contributed by atoms with van der Waals surface area (Å²) in [4.78, 5) is 12.2. The number of methoxy groups -OCH3 is 1. The molecule has 1 unspecified atom stereocenters. The summed E-state index contributed by atoms with van der Waals surface area (Å²) in [6.07, 6.45) is -3.25. The van der Waals surface area contributed by atoms with Gasteiger partial charge in [0.25, 0.3) is 0 Å². The lowest BCUT2D eigenvalue weighted by atomic mass is 9.93. The molecule has 2 aromatic rings. The van der Waals surface area contributed by atoms with Crippen LogP contribution in [-0.4, -0.2) is 41.3 Å². The van der Waals surface area contributed by atoms with Gasteiger partial charge in [-0.15, -0.1) is 0 Å². The van der Waals surface area contributed by atoms with Crippen molar-refractivity contribution in [1.82, 2.24) is 9.97 Å². The predicted octanol–water partition coefficient (Wildman–Crippen LogP) is 3.29. The lowest BCUT2D eigenvalue weighted by Crippen LogP contribution is -2.60. The number of aromatic nitrogens is 2. The molecule has 11 heteroatoms. The number of hydrogen-bond donors (Lipinski definition) is 2.